The van der Waals surface area contributed by atoms with E-state index in [1.54, 1.807) is 0 Å². The first kappa shape index (κ1) is 29.7. The van der Waals surface area contributed by atoms with Crippen molar-refractivity contribution in [2.24, 2.45) is 0 Å². The number of rotatable bonds is 26. The zero-order chi connectivity index (χ0) is 22.0. The van der Waals surface area contributed by atoms with Gasteiger partial charge in [-0.1, -0.05) is 167 Å². The van der Waals surface area contributed by atoms with Gasteiger partial charge in [-0.05, 0) is 25.7 Å². The Morgan fingerprint density at radius 1 is 0.333 bits per heavy atom. The maximum atomic E-state index is 4.33. The van der Waals surface area contributed by atoms with Gasteiger partial charge >= 0.3 is 0 Å². The first-order valence-corrected chi connectivity index (χ1v) is 14.5. The lowest BCUT2D eigenvalue weighted by molar-refractivity contribution is 0.537. The molecule has 0 fully saturated rings. The Balaban J connectivity index is 3.14. The number of allylic oxidation sites excluding steroid dienone is 1. The van der Waals surface area contributed by atoms with E-state index in [-0.39, 0.29) is 0 Å². The summed E-state index contributed by atoms with van der Waals surface area (Å²) in [5.41, 5.74) is 1.52. The van der Waals surface area contributed by atoms with Crippen LogP contribution in [0.25, 0.3) is 0 Å². The van der Waals surface area contributed by atoms with Crippen molar-refractivity contribution in [1.82, 2.24) is 0 Å². The van der Waals surface area contributed by atoms with E-state index in [1.165, 1.54) is 173 Å². The normalized spacial score (nSPS) is 11.3. The van der Waals surface area contributed by atoms with Crippen LogP contribution in [0, 0.1) is 0 Å². The highest BCUT2D eigenvalue weighted by Crippen LogP contribution is 2.18. The first-order chi connectivity index (χ1) is 14.8. The zero-order valence-corrected chi connectivity index (χ0v) is 21.6. The summed E-state index contributed by atoms with van der Waals surface area (Å²) in [4.78, 5) is 0. The molecule has 0 bridgehead atoms. The van der Waals surface area contributed by atoms with Crippen molar-refractivity contribution in [1.29, 1.82) is 0 Å². The number of hydrogen-bond donors (Lipinski definition) is 0. The van der Waals surface area contributed by atoms with Crippen molar-refractivity contribution in [2.45, 2.75) is 181 Å². The minimum absolute atomic E-state index is 1.29. The lowest BCUT2D eigenvalue weighted by Crippen LogP contribution is -1.87. The summed E-state index contributed by atoms with van der Waals surface area (Å²) in [6, 6.07) is 0. The van der Waals surface area contributed by atoms with Gasteiger partial charge in [-0.15, -0.1) is 0 Å². The van der Waals surface area contributed by atoms with Crippen LogP contribution >= 0.6 is 0 Å². The van der Waals surface area contributed by atoms with Crippen LogP contribution in [0.2, 0.25) is 0 Å². The van der Waals surface area contributed by atoms with E-state index in [4.69, 9.17) is 0 Å². The molecule has 0 aromatic rings. The summed E-state index contributed by atoms with van der Waals surface area (Å²) in [5.74, 6) is 0. The van der Waals surface area contributed by atoms with Crippen molar-refractivity contribution in [3.05, 3.63) is 12.2 Å². The van der Waals surface area contributed by atoms with Gasteiger partial charge in [-0.25, -0.2) is 0 Å². The quantitative estimate of drug-likeness (QED) is 0.0963. The molecule has 0 aliphatic heterocycles. The van der Waals surface area contributed by atoms with Crippen molar-refractivity contribution in [3.63, 3.8) is 0 Å². The predicted molar refractivity (Wildman–Crippen MR) is 141 cm³/mol. The van der Waals surface area contributed by atoms with Crippen LogP contribution < -0.4 is 0 Å². The van der Waals surface area contributed by atoms with Crippen LogP contribution in [0.1, 0.15) is 181 Å². The van der Waals surface area contributed by atoms with Gasteiger partial charge in [0.15, 0.2) is 0 Å². The molecule has 0 heterocycles. The van der Waals surface area contributed by atoms with E-state index < -0.39 is 0 Å². The van der Waals surface area contributed by atoms with Crippen molar-refractivity contribution in [2.75, 3.05) is 0 Å². The molecule has 0 N–H and O–H groups in total. The minimum Gasteiger partial charge on any atom is -0.0999 e. The van der Waals surface area contributed by atoms with Gasteiger partial charge in [0.25, 0.3) is 0 Å². The van der Waals surface area contributed by atoms with E-state index >= 15 is 0 Å². The predicted octanol–water partition coefficient (Wildman–Crippen LogP) is 11.7. The summed E-state index contributed by atoms with van der Waals surface area (Å²) in [7, 11) is 0. The molecule has 0 aromatic carbocycles. The second-order valence-corrected chi connectivity index (χ2v) is 10.0. The maximum Gasteiger partial charge on any atom is -0.0323 e. The SMILES string of the molecule is C=C(CCCCCCCCCCCCCC)CCCCCCCCCCCCCC. The smallest absolute Gasteiger partial charge is 0.0323 e. The first-order valence-electron chi connectivity index (χ1n) is 14.5. The number of hydrogen-bond acceptors (Lipinski definition) is 0. The molecule has 0 aliphatic rings. The summed E-state index contributed by atoms with van der Waals surface area (Å²) >= 11 is 0. The highest BCUT2D eigenvalue weighted by molar-refractivity contribution is 4.93. The molecule has 0 amide bonds. The Kier molecular flexibility index (Phi) is 26.5. The van der Waals surface area contributed by atoms with Gasteiger partial charge in [0.1, 0.15) is 0 Å². The molecular formula is C30H60. The molecule has 180 valence electrons. The van der Waals surface area contributed by atoms with Gasteiger partial charge in [-0.3, -0.25) is 0 Å². The van der Waals surface area contributed by atoms with E-state index in [0.29, 0.717) is 0 Å². The number of unbranched alkanes of at least 4 members (excludes halogenated alkanes) is 22. The fourth-order valence-electron chi connectivity index (χ4n) is 4.56. The van der Waals surface area contributed by atoms with Crippen molar-refractivity contribution >= 4 is 0 Å². The average molecular weight is 421 g/mol. The lowest BCUT2D eigenvalue weighted by atomic mass is 10.00. The topological polar surface area (TPSA) is 0 Å². The average Bonchev–Trinajstić information content (AvgIpc) is 2.75. The Hall–Kier alpha value is -0.260. The summed E-state index contributed by atoms with van der Waals surface area (Å²) in [6.07, 6.45) is 37.2. The standard InChI is InChI=1S/C30H60/c1-4-6-8-10-12-14-16-18-20-22-24-26-28-30(3)29-27-25-23-21-19-17-15-13-11-9-7-5-2/h3-29H2,1-2H3. The lowest BCUT2D eigenvalue weighted by Gasteiger charge is -2.06. The molecule has 0 aromatic heterocycles. The molecule has 0 heteroatoms. The van der Waals surface area contributed by atoms with E-state index in [0.717, 1.165) is 0 Å². The molecular weight excluding hydrogens is 360 g/mol. The van der Waals surface area contributed by atoms with Gasteiger partial charge in [-0.2, -0.15) is 0 Å². The van der Waals surface area contributed by atoms with Crippen LogP contribution in [0.4, 0.5) is 0 Å². The summed E-state index contributed by atoms with van der Waals surface area (Å²) in [5, 5.41) is 0. The fraction of sp³-hybridized carbons (Fsp3) is 0.933. The van der Waals surface area contributed by atoms with Gasteiger partial charge in [0, 0.05) is 0 Å². The highest BCUT2D eigenvalue weighted by atomic mass is 14.0. The summed E-state index contributed by atoms with van der Waals surface area (Å²) in [6.45, 7) is 8.93. The summed E-state index contributed by atoms with van der Waals surface area (Å²) < 4.78 is 0. The molecule has 30 heavy (non-hydrogen) atoms. The minimum atomic E-state index is 1.29. The molecule has 0 atom stereocenters. The third-order valence-corrected chi connectivity index (χ3v) is 6.77. The zero-order valence-electron chi connectivity index (χ0n) is 21.6. The molecule has 0 saturated carbocycles. The van der Waals surface area contributed by atoms with Gasteiger partial charge in [0.2, 0.25) is 0 Å². The Bertz CT molecular complexity index is 286. The van der Waals surface area contributed by atoms with Crippen LogP contribution in [-0.4, -0.2) is 0 Å². The molecule has 0 aliphatic carbocycles. The Morgan fingerprint density at radius 3 is 0.767 bits per heavy atom. The molecule has 0 unspecified atom stereocenters. The van der Waals surface area contributed by atoms with E-state index in [1.807, 2.05) is 0 Å². The van der Waals surface area contributed by atoms with Gasteiger partial charge in [0.05, 0.1) is 0 Å². The third kappa shape index (κ3) is 25.8. The second kappa shape index (κ2) is 26.8. The Morgan fingerprint density at radius 2 is 0.533 bits per heavy atom. The molecule has 0 saturated heterocycles. The second-order valence-electron chi connectivity index (χ2n) is 10.0. The van der Waals surface area contributed by atoms with E-state index in [2.05, 4.69) is 20.4 Å². The Labute approximate surface area is 193 Å². The van der Waals surface area contributed by atoms with Gasteiger partial charge < -0.3 is 0 Å². The largest absolute Gasteiger partial charge is 0.0999 e. The molecule has 0 nitrogen and oxygen atoms in total. The van der Waals surface area contributed by atoms with Crippen LogP contribution in [-0.2, 0) is 0 Å². The third-order valence-electron chi connectivity index (χ3n) is 6.77. The molecule has 0 spiro atoms. The monoisotopic (exact) mass is 420 g/mol. The van der Waals surface area contributed by atoms with Crippen LogP contribution in [0.3, 0.4) is 0 Å². The molecule has 0 rings (SSSR count). The fourth-order valence-corrected chi connectivity index (χ4v) is 4.56. The van der Waals surface area contributed by atoms with Crippen LogP contribution in [0.15, 0.2) is 12.2 Å². The van der Waals surface area contributed by atoms with Crippen LogP contribution in [0.5, 0.6) is 0 Å². The van der Waals surface area contributed by atoms with Crippen molar-refractivity contribution < 1.29 is 0 Å². The molecule has 0 radical (unpaired) electrons. The van der Waals surface area contributed by atoms with Crippen molar-refractivity contribution in [3.8, 4) is 0 Å². The van der Waals surface area contributed by atoms with E-state index in [9.17, 15) is 0 Å². The maximum absolute atomic E-state index is 4.33. The highest BCUT2D eigenvalue weighted by Gasteiger charge is 1.98.